The summed E-state index contributed by atoms with van der Waals surface area (Å²) in [7, 11) is -1.56. The maximum absolute atomic E-state index is 13.0. The van der Waals surface area contributed by atoms with Crippen molar-refractivity contribution in [1.82, 2.24) is 14.5 Å². The number of halogens is 1. The second-order valence-corrected chi connectivity index (χ2v) is 13.2. The fraction of sp³-hybridized carbons (Fsp3) is 0.400. The summed E-state index contributed by atoms with van der Waals surface area (Å²) in [5, 5.41) is 13.0. The van der Waals surface area contributed by atoms with Gasteiger partial charge in [-0.2, -0.15) is 0 Å². The summed E-state index contributed by atoms with van der Waals surface area (Å²) in [4.78, 5) is 41.7. The van der Waals surface area contributed by atoms with E-state index in [4.69, 9.17) is 16.3 Å². The quantitative estimate of drug-likeness (QED) is 0.365. The lowest BCUT2D eigenvalue weighted by atomic mass is 10.0. The molecular formula is C20H26ClN3O6Si. The third-order valence-corrected chi connectivity index (χ3v) is 8.80. The van der Waals surface area contributed by atoms with Gasteiger partial charge >= 0.3 is 12.1 Å². The van der Waals surface area contributed by atoms with Crippen molar-refractivity contribution in [2.45, 2.75) is 39.1 Å². The van der Waals surface area contributed by atoms with Crippen LogP contribution in [0.1, 0.15) is 35.7 Å². The Morgan fingerprint density at radius 3 is 2.42 bits per heavy atom. The van der Waals surface area contributed by atoms with Gasteiger partial charge in [0.1, 0.15) is 12.4 Å². The van der Waals surface area contributed by atoms with Gasteiger partial charge in [0.2, 0.25) is 5.75 Å². The van der Waals surface area contributed by atoms with E-state index in [1.165, 1.54) is 4.23 Å². The van der Waals surface area contributed by atoms with Crippen LogP contribution in [0.15, 0.2) is 35.1 Å². The van der Waals surface area contributed by atoms with E-state index in [9.17, 15) is 19.5 Å². The molecule has 2 N–H and O–H groups in total. The summed E-state index contributed by atoms with van der Waals surface area (Å²) in [6.07, 6.45) is -0.743. The number of esters is 1. The van der Waals surface area contributed by atoms with Crippen molar-refractivity contribution < 1.29 is 24.2 Å². The van der Waals surface area contributed by atoms with Gasteiger partial charge in [-0.05, 0) is 19.4 Å². The molecule has 1 heterocycles. The first-order valence-electron chi connectivity index (χ1n) is 9.44. The molecule has 2 aromatic rings. The molecule has 1 aromatic carbocycles. The summed E-state index contributed by atoms with van der Waals surface area (Å²) in [6, 6.07) is 9.13. The molecule has 0 bridgehead atoms. The Balaban J connectivity index is 2.47. The SMILES string of the molecule is COC(=O)c1nc(C(C)(C)NC(=O)OCc2ccccc2)n([Si](C)(C)CCl)c(=O)c1O. The first kappa shape index (κ1) is 24.4. The first-order chi connectivity index (χ1) is 14.4. The minimum Gasteiger partial charge on any atom is -0.501 e. The zero-order valence-corrected chi connectivity index (χ0v) is 19.8. The molecular weight excluding hydrogens is 442 g/mol. The number of hydrogen-bond acceptors (Lipinski definition) is 7. The van der Waals surface area contributed by atoms with Gasteiger partial charge < -0.3 is 24.1 Å². The molecule has 168 valence electrons. The highest BCUT2D eigenvalue weighted by Gasteiger charge is 2.38. The van der Waals surface area contributed by atoms with E-state index in [0.717, 1.165) is 12.7 Å². The molecule has 0 aliphatic heterocycles. The molecule has 0 saturated heterocycles. The van der Waals surface area contributed by atoms with Crippen molar-refractivity contribution in [2.24, 2.45) is 0 Å². The largest absolute Gasteiger partial charge is 0.501 e. The maximum atomic E-state index is 13.0. The first-order valence-corrected chi connectivity index (χ1v) is 13.1. The average Bonchev–Trinajstić information content (AvgIpc) is 2.73. The number of methoxy groups -OCH3 is 1. The second-order valence-electron chi connectivity index (χ2n) is 8.02. The third-order valence-electron chi connectivity index (χ3n) is 4.56. The molecule has 9 nitrogen and oxygen atoms in total. The van der Waals surface area contributed by atoms with Crippen LogP contribution in [0.4, 0.5) is 4.79 Å². The smallest absolute Gasteiger partial charge is 0.408 e. The molecule has 0 saturated carbocycles. The molecule has 11 heteroatoms. The number of alkyl carbamates (subject to hydrolysis) is 1. The second kappa shape index (κ2) is 9.52. The van der Waals surface area contributed by atoms with Crippen LogP contribution in [0.25, 0.3) is 0 Å². The molecule has 1 amide bonds. The Morgan fingerprint density at radius 2 is 1.87 bits per heavy atom. The van der Waals surface area contributed by atoms with Gasteiger partial charge in [0.25, 0.3) is 5.56 Å². The van der Waals surface area contributed by atoms with E-state index < -0.39 is 42.8 Å². The Labute approximate surface area is 186 Å². The Kier molecular flexibility index (Phi) is 7.50. The fourth-order valence-electron chi connectivity index (χ4n) is 2.86. The number of hydrogen-bond donors (Lipinski definition) is 2. The van der Waals surface area contributed by atoms with Crippen molar-refractivity contribution in [3.05, 3.63) is 57.8 Å². The molecule has 0 radical (unpaired) electrons. The minimum atomic E-state index is -2.67. The Bertz CT molecular complexity index is 1020. The number of rotatable bonds is 7. The van der Waals surface area contributed by atoms with Crippen LogP contribution in [0.3, 0.4) is 0 Å². The number of nitrogens with zero attached hydrogens (tertiary/aromatic N) is 2. The molecule has 0 unspecified atom stereocenters. The minimum absolute atomic E-state index is 0.0495. The summed E-state index contributed by atoms with van der Waals surface area (Å²) in [5.74, 6) is -1.75. The van der Waals surface area contributed by atoms with Crippen molar-refractivity contribution >= 4 is 31.9 Å². The van der Waals surface area contributed by atoms with E-state index >= 15 is 0 Å². The Hall–Kier alpha value is -2.85. The van der Waals surface area contributed by atoms with Gasteiger partial charge in [-0.3, -0.25) is 4.79 Å². The highest BCUT2D eigenvalue weighted by molar-refractivity contribution is 6.81. The average molecular weight is 468 g/mol. The number of alkyl halides is 1. The number of amides is 1. The van der Waals surface area contributed by atoms with Gasteiger partial charge in [0, 0.05) is 5.50 Å². The van der Waals surface area contributed by atoms with Gasteiger partial charge in [0.05, 0.1) is 12.6 Å². The zero-order valence-electron chi connectivity index (χ0n) is 18.1. The van der Waals surface area contributed by atoms with Crippen LogP contribution in [0.5, 0.6) is 5.75 Å². The molecule has 31 heavy (non-hydrogen) atoms. The topological polar surface area (TPSA) is 120 Å². The highest BCUT2D eigenvalue weighted by atomic mass is 35.5. The molecule has 0 spiro atoms. The lowest BCUT2D eigenvalue weighted by molar-refractivity contribution is 0.0588. The van der Waals surface area contributed by atoms with Crippen molar-refractivity contribution in [3.63, 3.8) is 0 Å². The van der Waals surface area contributed by atoms with Crippen molar-refractivity contribution in [3.8, 4) is 5.75 Å². The highest BCUT2D eigenvalue weighted by Crippen LogP contribution is 2.24. The summed E-state index contributed by atoms with van der Waals surface area (Å²) >= 11 is 6.12. The molecule has 0 fully saturated rings. The summed E-state index contributed by atoms with van der Waals surface area (Å²) in [5.41, 5.74) is -1.67. The third kappa shape index (κ3) is 5.45. The maximum Gasteiger partial charge on any atom is 0.408 e. The van der Waals surface area contributed by atoms with Gasteiger partial charge in [-0.15, -0.1) is 11.6 Å². The van der Waals surface area contributed by atoms with Crippen LogP contribution in [0.2, 0.25) is 13.1 Å². The number of carbonyl (C=O) groups is 2. The monoisotopic (exact) mass is 467 g/mol. The van der Waals surface area contributed by atoms with Gasteiger partial charge in [-0.25, -0.2) is 14.6 Å². The predicted molar refractivity (Wildman–Crippen MR) is 118 cm³/mol. The van der Waals surface area contributed by atoms with Crippen LogP contribution in [-0.4, -0.2) is 47.2 Å². The summed E-state index contributed by atoms with van der Waals surface area (Å²) < 4.78 is 11.2. The summed E-state index contributed by atoms with van der Waals surface area (Å²) in [6.45, 7) is 6.85. The van der Waals surface area contributed by atoms with Crippen LogP contribution >= 0.6 is 11.6 Å². The number of benzene rings is 1. The zero-order chi connectivity index (χ0) is 23.4. The van der Waals surface area contributed by atoms with Crippen LogP contribution < -0.4 is 10.9 Å². The molecule has 0 aliphatic carbocycles. The number of ether oxygens (including phenoxy) is 2. The molecule has 0 atom stereocenters. The lowest BCUT2D eigenvalue weighted by Gasteiger charge is -2.33. The van der Waals surface area contributed by atoms with Crippen LogP contribution in [0, 0.1) is 0 Å². The molecule has 0 aliphatic rings. The van der Waals surface area contributed by atoms with Crippen molar-refractivity contribution in [2.75, 3.05) is 12.6 Å². The molecule has 1 aromatic heterocycles. The Morgan fingerprint density at radius 1 is 1.26 bits per heavy atom. The number of nitrogens with one attached hydrogen (secondary N) is 1. The molecule has 2 rings (SSSR count). The van der Waals surface area contributed by atoms with E-state index in [0.29, 0.717) is 0 Å². The lowest BCUT2D eigenvalue weighted by Crippen LogP contribution is -2.54. The number of aromatic nitrogens is 2. The number of carbonyl (C=O) groups excluding carboxylic acids is 2. The number of aromatic hydroxyl groups is 1. The normalized spacial score (nSPS) is 11.7. The van der Waals surface area contributed by atoms with E-state index in [-0.39, 0.29) is 17.9 Å². The van der Waals surface area contributed by atoms with E-state index in [1.807, 2.05) is 30.3 Å². The van der Waals surface area contributed by atoms with E-state index in [1.54, 1.807) is 26.9 Å². The standard InChI is InChI=1S/C20H26ClN3O6Si/c1-20(2,23-19(28)30-11-13-9-7-6-8-10-13)18-22-14(17(27)29-3)15(25)16(26)24(18)31(4,5)12-21/h6-10,25H,11-12H2,1-5H3,(H,23,28). The van der Waals surface area contributed by atoms with Crippen molar-refractivity contribution in [1.29, 1.82) is 0 Å². The predicted octanol–water partition coefficient (Wildman–Crippen LogP) is 2.73. The van der Waals surface area contributed by atoms with Gasteiger partial charge in [-0.1, -0.05) is 43.4 Å². The van der Waals surface area contributed by atoms with E-state index in [2.05, 4.69) is 15.0 Å². The fourth-order valence-corrected chi connectivity index (χ4v) is 4.90. The van der Waals surface area contributed by atoms with Crippen LogP contribution in [-0.2, 0) is 21.6 Å². The van der Waals surface area contributed by atoms with Gasteiger partial charge in [0.15, 0.2) is 13.9 Å².